The van der Waals surface area contributed by atoms with Crippen LogP contribution in [0.4, 0.5) is 0 Å². The number of nitrogens with zero attached hydrogens (tertiary/aromatic N) is 1. The maximum absolute atomic E-state index is 13.3. The zero-order chi connectivity index (χ0) is 42.3. The van der Waals surface area contributed by atoms with E-state index in [-0.39, 0.29) is 21.9 Å². The summed E-state index contributed by atoms with van der Waals surface area (Å²) in [4.78, 5) is 0. The van der Waals surface area contributed by atoms with Crippen molar-refractivity contribution in [2.24, 2.45) is 0 Å². The Balaban J connectivity index is 1.26. The lowest BCUT2D eigenvalue weighted by Crippen LogP contribution is -2.40. The van der Waals surface area contributed by atoms with Gasteiger partial charge in [0, 0.05) is 43.3 Å². The quantitative estimate of drug-likeness (QED) is 0.0913. The molecule has 4 aromatic carbocycles. The summed E-state index contributed by atoms with van der Waals surface area (Å²) in [7, 11) is -7.49. The molecule has 0 fully saturated rings. The minimum absolute atomic E-state index is 0.0357. The summed E-state index contributed by atoms with van der Waals surface area (Å²) in [6.45, 7) is 24.3. The Bertz CT molecular complexity index is 2670. The molecule has 0 unspecified atom stereocenters. The first-order valence-corrected chi connectivity index (χ1v) is 28.9. The first-order chi connectivity index (χ1) is 27.7. The molecule has 0 N–H and O–H groups in total. The monoisotopic (exact) mass is 837 g/mol. The second-order valence-corrected chi connectivity index (χ2v) is 31.6. The molecule has 0 atom stereocenters. The van der Waals surface area contributed by atoms with Crippen LogP contribution in [0.5, 0.6) is 0 Å². The van der Waals surface area contributed by atoms with Gasteiger partial charge in [-0.15, -0.1) is 0 Å². The van der Waals surface area contributed by atoms with Crippen LogP contribution in [0.25, 0.3) is 10.8 Å². The number of benzene rings is 4. The molecule has 2 bridgehead atoms. The summed E-state index contributed by atoms with van der Waals surface area (Å²) in [5.41, 5.74) is 15.6. The number of aryl methyl sites for hydroxylation is 2. The van der Waals surface area contributed by atoms with Gasteiger partial charge in [0.15, 0.2) is 16.6 Å². The van der Waals surface area contributed by atoms with E-state index in [1.54, 1.807) is 4.31 Å². The molecule has 4 aromatic rings. The molecule has 0 amide bonds. The van der Waals surface area contributed by atoms with E-state index in [1.165, 1.54) is 67.1 Å². The van der Waals surface area contributed by atoms with E-state index in [2.05, 4.69) is 152 Å². The highest BCUT2D eigenvalue weighted by Crippen LogP contribution is 2.61. The van der Waals surface area contributed by atoms with Crippen LogP contribution in [-0.4, -0.2) is 42.2 Å². The lowest BCUT2D eigenvalue weighted by Gasteiger charge is -2.45. The number of rotatable bonds is 7. The van der Waals surface area contributed by atoms with Crippen molar-refractivity contribution in [3.05, 3.63) is 115 Å². The van der Waals surface area contributed by atoms with E-state index < -0.39 is 26.7 Å². The lowest BCUT2D eigenvalue weighted by molar-refractivity contribution is 0.276. The average Bonchev–Trinajstić information content (AvgIpc) is 3.82. The summed E-state index contributed by atoms with van der Waals surface area (Å²) < 4.78 is 41.7. The standard InChI is InChI=1S/C51H59NO4SSi2/c1-50(2,3)58(8,9)55-30-22-16-14-12-13-15-17-23-34-39-28-29-40-46(39)47(42-32-52(31-41(34)42)57(7,53)54)43(33-56-59(10,11)51(4,5)6)49-45-37-26-20-18-24-35(37)44(48(40)49)36-25-19-21-27-38(36)45/h18-21,24-27,44-45H,13,15,28-33H2,1-11H3. The molecule has 306 valence electrons. The lowest BCUT2D eigenvalue weighted by atomic mass is 9.58. The molecule has 5 aliphatic rings. The molecule has 5 nitrogen and oxygen atoms in total. The van der Waals surface area contributed by atoms with Gasteiger partial charge in [0.25, 0.3) is 0 Å². The highest BCUT2D eigenvalue weighted by molar-refractivity contribution is 7.88. The Morgan fingerprint density at radius 2 is 1.17 bits per heavy atom. The van der Waals surface area contributed by atoms with Crippen molar-refractivity contribution in [1.29, 1.82) is 0 Å². The van der Waals surface area contributed by atoms with Crippen molar-refractivity contribution in [3.63, 3.8) is 0 Å². The zero-order valence-corrected chi connectivity index (χ0v) is 39.7. The van der Waals surface area contributed by atoms with Gasteiger partial charge in [-0.25, -0.2) is 8.42 Å². The fourth-order valence-electron chi connectivity index (χ4n) is 9.28. The van der Waals surface area contributed by atoms with E-state index in [0.29, 0.717) is 39.1 Å². The molecule has 4 aliphatic carbocycles. The van der Waals surface area contributed by atoms with Crippen LogP contribution in [0.1, 0.15) is 133 Å². The van der Waals surface area contributed by atoms with Crippen molar-refractivity contribution in [2.75, 3.05) is 12.9 Å². The Labute approximate surface area is 356 Å². The third-order valence-electron chi connectivity index (χ3n) is 14.5. The van der Waals surface area contributed by atoms with Crippen LogP contribution in [-0.2, 0) is 51.4 Å². The third kappa shape index (κ3) is 7.17. The molecule has 0 spiro atoms. The minimum atomic E-state index is -3.47. The molecule has 9 rings (SSSR count). The Morgan fingerprint density at radius 1 is 0.661 bits per heavy atom. The molecule has 8 heteroatoms. The molecule has 0 saturated carbocycles. The van der Waals surface area contributed by atoms with Gasteiger partial charge in [-0.2, -0.15) is 4.31 Å². The summed E-state index contributed by atoms with van der Waals surface area (Å²) in [5.74, 6) is 19.5. The SMILES string of the molecule is CC(C)(C)[Si](C)(C)OCC#CC#CCCC#Cc1c2c(c3c(CO[Si](C)(C)C(C)(C)C)c4c(c5c3c1CC5)C1c3ccccc3C4c3ccccc31)CN(S(C)(=O)=O)C2. The molecular weight excluding hydrogens is 779 g/mol. The zero-order valence-electron chi connectivity index (χ0n) is 36.9. The Kier molecular flexibility index (Phi) is 10.6. The van der Waals surface area contributed by atoms with Gasteiger partial charge in [0.2, 0.25) is 10.0 Å². The predicted octanol–water partition coefficient (Wildman–Crippen LogP) is 10.9. The molecule has 1 heterocycles. The van der Waals surface area contributed by atoms with E-state index in [0.717, 1.165) is 29.5 Å². The highest BCUT2D eigenvalue weighted by Gasteiger charge is 2.47. The van der Waals surface area contributed by atoms with E-state index in [4.69, 9.17) is 8.85 Å². The molecule has 0 radical (unpaired) electrons. The van der Waals surface area contributed by atoms with Gasteiger partial charge >= 0.3 is 0 Å². The van der Waals surface area contributed by atoms with Crippen molar-refractivity contribution < 1.29 is 17.3 Å². The fourth-order valence-corrected chi connectivity index (χ4v) is 11.8. The normalized spacial score (nSPS) is 17.9. The van der Waals surface area contributed by atoms with Gasteiger partial charge in [-0.1, -0.05) is 114 Å². The number of hydrogen-bond donors (Lipinski definition) is 0. The van der Waals surface area contributed by atoms with E-state index in [9.17, 15) is 8.42 Å². The van der Waals surface area contributed by atoms with Crippen LogP contribution >= 0.6 is 0 Å². The maximum Gasteiger partial charge on any atom is 0.211 e. The summed E-state index contributed by atoms with van der Waals surface area (Å²) in [6, 6.07) is 18.1. The second-order valence-electron chi connectivity index (χ2n) is 20.0. The molecule has 1 aliphatic heterocycles. The van der Waals surface area contributed by atoms with Gasteiger partial charge in [0.05, 0.1) is 19.5 Å². The topological polar surface area (TPSA) is 55.8 Å². The van der Waals surface area contributed by atoms with Crippen molar-refractivity contribution in [2.45, 2.75) is 135 Å². The summed E-state index contributed by atoms with van der Waals surface area (Å²) in [6.07, 6.45) is 4.38. The van der Waals surface area contributed by atoms with E-state index in [1.807, 2.05) is 0 Å². The van der Waals surface area contributed by atoms with Gasteiger partial charge in [-0.05, 0) is 133 Å². The number of unbranched alkanes of at least 4 members (excludes halogenated alkanes) is 1. The summed E-state index contributed by atoms with van der Waals surface area (Å²) in [5, 5.41) is 2.70. The van der Waals surface area contributed by atoms with E-state index >= 15 is 0 Å². The molecule has 0 aromatic heterocycles. The van der Waals surface area contributed by atoms with Crippen molar-refractivity contribution >= 4 is 37.4 Å². The predicted molar refractivity (Wildman–Crippen MR) is 247 cm³/mol. The minimum Gasteiger partial charge on any atom is -0.413 e. The van der Waals surface area contributed by atoms with Crippen molar-refractivity contribution in [3.8, 4) is 35.5 Å². The molecular formula is C51H59NO4SSi2. The van der Waals surface area contributed by atoms with Crippen molar-refractivity contribution in [1.82, 2.24) is 4.31 Å². The summed E-state index contributed by atoms with van der Waals surface area (Å²) >= 11 is 0. The fraction of sp³-hybridized carbons (Fsp3) is 0.451. The average molecular weight is 838 g/mol. The van der Waals surface area contributed by atoms with Crippen LogP contribution in [0.2, 0.25) is 36.3 Å². The van der Waals surface area contributed by atoms with Crippen LogP contribution in [0.3, 0.4) is 0 Å². The Morgan fingerprint density at radius 3 is 1.75 bits per heavy atom. The van der Waals surface area contributed by atoms with Crippen LogP contribution in [0.15, 0.2) is 48.5 Å². The highest BCUT2D eigenvalue weighted by atomic mass is 32.2. The van der Waals surface area contributed by atoms with Crippen LogP contribution in [0, 0.1) is 35.5 Å². The third-order valence-corrected chi connectivity index (χ3v) is 24.6. The maximum atomic E-state index is 13.3. The van der Waals surface area contributed by atoms with Gasteiger partial charge in [-0.3, -0.25) is 0 Å². The molecule has 0 saturated heterocycles. The number of fused-ring (bicyclic) bond motifs is 2. The largest absolute Gasteiger partial charge is 0.413 e. The number of hydrogen-bond acceptors (Lipinski definition) is 4. The molecule has 59 heavy (non-hydrogen) atoms. The van der Waals surface area contributed by atoms with Gasteiger partial charge < -0.3 is 8.85 Å². The number of sulfonamides is 1. The first-order valence-electron chi connectivity index (χ1n) is 21.3. The first kappa shape index (κ1) is 41.8. The second kappa shape index (κ2) is 14.9. The van der Waals surface area contributed by atoms with Gasteiger partial charge in [0.1, 0.15) is 0 Å². The Hall–Kier alpha value is -3.92. The van der Waals surface area contributed by atoms with Crippen LogP contribution < -0.4 is 0 Å². The smallest absolute Gasteiger partial charge is 0.211 e.